The highest BCUT2D eigenvalue weighted by atomic mass is 16.3. The Morgan fingerprint density at radius 3 is 1.88 bits per heavy atom. The average molecular weight is 339 g/mol. The predicted molar refractivity (Wildman–Crippen MR) is 103 cm³/mol. The van der Waals surface area contributed by atoms with Gasteiger partial charge in [0, 0.05) is 6.42 Å². The second-order valence-electron chi connectivity index (χ2n) is 6.90. The topological polar surface area (TPSA) is 63.0 Å². The molecule has 141 valence electrons. The molecule has 0 saturated heterocycles. The summed E-state index contributed by atoms with van der Waals surface area (Å²) in [7, 11) is 0. The van der Waals surface area contributed by atoms with Gasteiger partial charge in [0.15, 0.2) is 0 Å². The predicted octanol–water partition coefficient (Wildman–Crippen LogP) is 5.74. The van der Waals surface area contributed by atoms with Crippen molar-refractivity contribution in [1.82, 2.24) is 0 Å². The van der Waals surface area contributed by atoms with Gasteiger partial charge in [-0.05, 0) is 38.5 Å². The van der Waals surface area contributed by atoms with Gasteiger partial charge in [0.1, 0.15) is 5.78 Å². The molecule has 0 aromatic rings. The molecule has 3 nitrogen and oxygen atoms in total. The number of nitrogens with two attached hydrogens (primary N) is 1. The van der Waals surface area contributed by atoms with Crippen LogP contribution in [0.4, 0.5) is 0 Å². The second kappa shape index (κ2) is 18.7. The molecular weight excluding hydrogens is 298 g/mol. The Morgan fingerprint density at radius 2 is 1.33 bits per heavy atom. The molecule has 3 heteroatoms. The summed E-state index contributed by atoms with van der Waals surface area (Å²) >= 11 is 0. The summed E-state index contributed by atoms with van der Waals surface area (Å²) in [5, 5.41) is 10.4. The third kappa shape index (κ3) is 16.2. The van der Waals surface area contributed by atoms with Crippen molar-refractivity contribution in [1.29, 1.82) is 0 Å². The van der Waals surface area contributed by atoms with Crippen LogP contribution in [0.25, 0.3) is 0 Å². The van der Waals surface area contributed by atoms with Crippen molar-refractivity contribution in [3.8, 4) is 0 Å². The minimum Gasteiger partial charge on any atom is -0.321 e. The number of carbonyl (C=O) groups excluding carboxylic acids is 1. The summed E-state index contributed by atoms with van der Waals surface area (Å²) < 4.78 is 0. The minimum atomic E-state index is -0.528. The molecule has 1 radical (unpaired) electrons. The number of hydrogen-bond donors (Lipinski definition) is 1. The highest BCUT2D eigenvalue weighted by molar-refractivity contribution is 5.83. The van der Waals surface area contributed by atoms with E-state index < -0.39 is 6.04 Å². The number of Topliss-reactive ketones (excluding diaryl/α,β-unsaturated/α-hetero) is 1. The SMILES string of the molecule is CCCCCCCC/C=C\CCCCCCCC(=O)C(N)CC[O]. The van der Waals surface area contributed by atoms with E-state index in [0.717, 1.165) is 12.8 Å². The minimum absolute atomic E-state index is 0.0588. The fourth-order valence-corrected chi connectivity index (χ4v) is 2.84. The van der Waals surface area contributed by atoms with Gasteiger partial charge < -0.3 is 5.73 Å². The van der Waals surface area contributed by atoms with Gasteiger partial charge in [0.25, 0.3) is 0 Å². The lowest BCUT2D eigenvalue weighted by Gasteiger charge is -2.07. The molecule has 0 heterocycles. The molecule has 0 spiro atoms. The van der Waals surface area contributed by atoms with Crippen molar-refractivity contribution in [3.63, 3.8) is 0 Å². The van der Waals surface area contributed by atoms with Crippen LogP contribution in [-0.2, 0) is 9.90 Å². The van der Waals surface area contributed by atoms with Gasteiger partial charge in [-0.2, -0.15) is 0 Å². The number of allylic oxidation sites excluding steroid dienone is 2. The molecule has 0 fully saturated rings. The molecule has 24 heavy (non-hydrogen) atoms. The van der Waals surface area contributed by atoms with Crippen LogP contribution in [0.3, 0.4) is 0 Å². The van der Waals surface area contributed by atoms with Crippen LogP contribution in [0.2, 0.25) is 0 Å². The van der Waals surface area contributed by atoms with Crippen molar-refractivity contribution < 1.29 is 9.90 Å². The lowest BCUT2D eigenvalue weighted by atomic mass is 10.0. The maximum absolute atomic E-state index is 11.6. The van der Waals surface area contributed by atoms with Crippen LogP contribution < -0.4 is 5.73 Å². The lowest BCUT2D eigenvalue weighted by Crippen LogP contribution is -2.31. The molecule has 0 aromatic carbocycles. The third-order valence-corrected chi connectivity index (χ3v) is 4.53. The zero-order chi connectivity index (χ0) is 17.9. The van der Waals surface area contributed by atoms with E-state index in [2.05, 4.69) is 19.1 Å². The van der Waals surface area contributed by atoms with E-state index in [1.54, 1.807) is 0 Å². The summed E-state index contributed by atoms with van der Waals surface area (Å²) in [5.41, 5.74) is 5.63. The highest BCUT2D eigenvalue weighted by Gasteiger charge is 2.11. The first kappa shape index (κ1) is 23.3. The molecule has 0 amide bonds. The number of rotatable bonds is 18. The van der Waals surface area contributed by atoms with E-state index in [0.29, 0.717) is 6.42 Å². The maximum Gasteiger partial charge on any atom is 0.149 e. The maximum atomic E-state index is 11.6. The van der Waals surface area contributed by atoms with E-state index in [1.807, 2.05) is 0 Å². The van der Waals surface area contributed by atoms with Crippen LogP contribution in [-0.4, -0.2) is 18.4 Å². The molecule has 0 bridgehead atoms. The first-order valence-corrected chi connectivity index (χ1v) is 10.2. The lowest BCUT2D eigenvalue weighted by molar-refractivity contribution is -0.120. The Bertz CT molecular complexity index is 302. The van der Waals surface area contributed by atoms with Crippen molar-refractivity contribution >= 4 is 5.78 Å². The summed E-state index contributed by atoms with van der Waals surface area (Å²) in [6.07, 6.45) is 21.8. The second-order valence-corrected chi connectivity index (χ2v) is 6.90. The van der Waals surface area contributed by atoms with E-state index in [-0.39, 0.29) is 18.8 Å². The van der Waals surface area contributed by atoms with Gasteiger partial charge in [-0.15, -0.1) is 0 Å². The Balaban J connectivity index is 3.24. The van der Waals surface area contributed by atoms with Gasteiger partial charge >= 0.3 is 0 Å². The molecule has 0 aliphatic rings. The molecule has 1 atom stereocenters. The fraction of sp³-hybridized carbons (Fsp3) is 0.857. The summed E-state index contributed by atoms with van der Waals surface area (Å²) in [4.78, 5) is 11.6. The smallest absolute Gasteiger partial charge is 0.149 e. The number of carbonyl (C=O) groups is 1. The van der Waals surface area contributed by atoms with Crippen molar-refractivity contribution in [3.05, 3.63) is 12.2 Å². The van der Waals surface area contributed by atoms with Gasteiger partial charge in [0.05, 0.1) is 12.6 Å². The van der Waals surface area contributed by atoms with Crippen LogP contribution in [0, 0.1) is 0 Å². The zero-order valence-corrected chi connectivity index (χ0v) is 15.9. The number of ketones is 1. The standard InChI is InChI=1S/C21H40NO2/c1-2-3-4-5-6-7-8-9-10-11-12-13-14-15-16-17-21(24)20(22)18-19-23/h9-10,20H,2-8,11-19,22H2,1H3/b10-9-. The van der Waals surface area contributed by atoms with E-state index >= 15 is 0 Å². The Hall–Kier alpha value is -0.670. The third-order valence-electron chi connectivity index (χ3n) is 4.53. The Morgan fingerprint density at radius 1 is 0.833 bits per heavy atom. The molecule has 0 rings (SSSR count). The number of unbranched alkanes of at least 4 members (excludes halogenated alkanes) is 11. The van der Waals surface area contributed by atoms with Crippen LogP contribution in [0.15, 0.2) is 12.2 Å². The average Bonchev–Trinajstić information content (AvgIpc) is 2.58. The van der Waals surface area contributed by atoms with E-state index in [4.69, 9.17) is 5.73 Å². The summed E-state index contributed by atoms with van der Waals surface area (Å²) in [6, 6.07) is -0.528. The molecular formula is C21H40NO2. The summed E-state index contributed by atoms with van der Waals surface area (Å²) in [6.45, 7) is 2.01. The quantitative estimate of drug-likeness (QED) is 0.256. The molecule has 1 unspecified atom stereocenters. The van der Waals surface area contributed by atoms with Crippen molar-refractivity contribution in [2.75, 3.05) is 6.61 Å². The van der Waals surface area contributed by atoms with Gasteiger partial charge in [-0.1, -0.05) is 70.4 Å². The molecule has 2 N–H and O–H groups in total. The largest absolute Gasteiger partial charge is 0.321 e. The molecule has 0 saturated carbocycles. The highest BCUT2D eigenvalue weighted by Crippen LogP contribution is 2.10. The van der Waals surface area contributed by atoms with Crippen LogP contribution in [0.5, 0.6) is 0 Å². The Labute approximate surface area is 150 Å². The number of hydrogen-bond acceptors (Lipinski definition) is 2. The van der Waals surface area contributed by atoms with Crippen LogP contribution >= 0.6 is 0 Å². The van der Waals surface area contributed by atoms with Gasteiger partial charge in [-0.25, -0.2) is 5.11 Å². The van der Waals surface area contributed by atoms with Crippen molar-refractivity contribution in [2.45, 2.75) is 109 Å². The fourth-order valence-electron chi connectivity index (χ4n) is 2.84. The molecule has 0 aliphatic heterocycles. The van der Waals surface area contributed by atoms with Gasteiger partial charge in [-0.3, -0.25) is 4.79 Å². The van der Waals surface area contributed by atoms with Crippen molar-refractivity contribution in [2.24, 2.45) is 5.73 Å². The van der Waals surface area contributed by atoms with E-state index in [9.17, 15) is 9.90 Å². The zero-order valence-electron chi connectivity index (χ0n) is 15.9. The first-order valence-electron chi connectivity index (χ1n) is 10.2. The molecule has 0 aliphatic carbocycles. The van der Waals surface area contributed by atoms with Gasteiger partial charge in [0.2, 0.25) is 0 Å². The van der Waals surface area contributed by atoms with E-state index in [1.165, 1.54) is 70.6 Å². The van der Waals surface area contributed by atoms with Crippen LogP contribution in [0.1, 0.15) is 103 Å². The summed E-state index contributed by atoms with van der Waals surface area (Å²) in [5.74, 6) is 0.0588. The molecule has 0 aromatic heterocycles. The first-order chi connectivity index (χ1) is 11.7. The monoisotopic (exact) mass is 338 g/mol. The normalized spacial score (nSPS) is 12.8. The Kier molecular flexibility index (Phi) is 18.1.